The zero-order chi connectivity index (χ0) is 22.9. The van der Waals surface area contributed by atoms with Gasteiger partial charge in [-0.3, -0.25) is 0 Å². The normalized spacial score (nSPS) is 11.4. The van der Waals surface area contributed by atoms with Crippen LogP contribution in [0.1, 0.15) is 29.4 Å². The molecule has 0 aliphatic rings. The molecule has 0 atom stereocenters. The van der Waals surface area contributed by atoms with E-state index in [0.29, 0.717) is 6.61 Å². The number of H-pyrrole nitrogens is 2. The quantitative estimate of drug-likeness (QED) is 0.265. The van der Waals surface area contributed by atoms with Crippen LogP contribution in [0.3, 0.4) is 0 Å². The smallest absolute Gasteiger partial charge is 0.222 e. The molecule has 0 radical (unpaired) electrons. The lowest BCUT2D eigenvalue weighted by Gasteiger charge is -2.14. The summed E-state index contributed by atoms with van der Waals surface area (Å²) in [6.07, 6.45) is 3.69. The molecular formula is C26H28N6O. The van der Waals surface area contributed by atoms with Gasteiger partial charge in [-0.25, -0.2) is 4.98 Å². The molecule has 0 aliphatic heterocycles. The monoisotopic (exact) mass is 440 g/mol. The van der Waals surface area contributed by atoms with Gasteiger partial charge in [0.05, 0.1) is 6.61 Å². The number of aromatic nitrogens is 4. The number of nitrogen functional groups attached to an aromatic ring is 1. The van der Waals surface area contributed by atoms with Crippen molar-refractivity contribution < 1.29 is 4.74 Å². The van der Waals surface area contributed by atoms with E-state index in [2.05, 4.69) is 74.8 Å². The standard InChI is InChI=1S/C26H28N6O/c1-4-33-20-8-10-23-22(13-20)18(14-28-23)6-9-21-16(3)30-26(27)32-25(21)31-19-7-5-17-11-15(2)29-24(17)12-19/h5,7-8,10-14,28-29H,4,6,9H2,1-3H3,(H3,27,30,31,32). The van der Waals surface area contributed by atoms with Crippen molar-refractivity contribution in [2.75, 3.05) is 17.7 Å². The minimum Gasteiger partial charge on any atom is -0.494 e. The van der Waals surface area contributed by atoms with Crippen LogP contribution in [-0.4, -0.2) is 26.5 Å². The van der Waals surface area contributed by atoms with Gasteiger partial charge in [-0.1, -0.05) is 6.07 Å². The van der Waals surface area contributed by atoms with Gasteiger partial charge in [0.2, 0.25) is 5.95 Å². The van der Waals surface area contributed by atoms with Crippen molar-refractivity contribution in [3.63, 3.8) is 0 Å². The zero-order valence-electron chi connectivity index (χ0n) is 19.1. The number of rotatable bonds is 7. The average molecular weight is 441 g/mol. The summed E-state index contributed by atoms with van der Waals surface area (Å²) in [5.41, 5.74) is 13.5. The molecular weight excluding hydrogens is 412 g/mol. The summed E-state index contributed by atoms with van der Waals surface area (Å²) in [5.74, 6) is 1.90. The molecule has 0 amide bonds. The van der Waals surface area contributed by atoms with Gasteiger partial charge in [-0.15, -0.1) is 0 Å². The van der Waals surface area contributed by atoms with Crippen molar-refractivity contribution in [2.24, 2.45) is 0 Å². The van der Waals surface area contributed by atoms with Crippen molar-refractivity contribution in [3.05, 3.63) is 71.2 Å². The lowest BCUT2D eigenvalue weighted by Crippen LogP contribution is -2.08. The molecule has 0 unspecified atom stereocenters. The Labute approximate surface area is 192 Å². The summed E-state index contributed by atoms with van der Waals surface area (Å²) in [7, 11) is 0. The summed E-state index contributed by atoms with van der Waals surface area (Å²) >= 11 is 0. The van der Waals surface area contributed by atoms with E-state index in [1.807, 2.05) is 19.9 Å². The van der Waals surface area contributed by atoms with Gasteiger partial charge >= 0.3 is 0 Å². The zero-order valence-corrected chi connectivity index (χ0v) is 19.1. The summed E-state index contributed by atoms with van der Waals surface area (Å²) in [4.78, 5) is 15.7. The fourth-order valence-electron chi connectivity index (χ4n) is 4.39. The second-order valence-electron chi connectivity index (χ2n) is 8.33. The number of aryl methyl sites for hydroxylation is 3. The molecule has 0 saturated carbocycles. The summed E-state index contributed by atoms with van der Waals surface area (Å²) in [5, 5.41) is 5.83. The molecule has 0 fully saturated rings. The third-order valence-corrected chi connectivity index (χ3v) is 5.95. The summed E-state index contributed by atoms with van der Waals surface area (Å²) < 4.78 is 5.69. The Morgan fingerprint density at radius 3 is 2.73 bits per heavy atom. The van der Waals surface area contributed by atoms with Crippen molar-refractivity contribution in [1.82, 2.24) is 19.9 Å². The molecule has 33 heavy (non-hydrogen) atoms. The van der Waals surface area contributed by atoms with Gasteiger partial charge in [0.1, 0.15) is 11.6 Å². The average Bonchev–Trinajstić information content (AvgIpc) is 3.35. The molecule has 7 heteroatoms. The molecule has 3 heterocycles. The maximum atomic E-state index is 6.00. The first-order valence-electron chi connectivity index (χ1n) is 11.2. The van der Waals surface area contributed by atoms with Gasteiger partial charge in [0.25, 0.3) is 0 Å². The highest BCUT2D eigenvalue weighted by atomic mass is 16.5. The molecule has 5 N–H and O–H groups in total. The van der Waals surface area contributed by atoms with E-state index in [-0.39, 0.29) is 5.95 Å². The van der Waals surface area contributed by atoms with E-state index >= 15 is 0 Å². The Bertz CT molecular complexity index is 1450. The molecule has 2 aromatic carbocycles. The predicted octanol–water partition coefficient (Wildman–Crippen LogP) is 5.57. The summed E-state index contributed by atoms with van der Waals surface area (Å²) in [6.45, 7) is 6.69. The highest BCUT2D eigenvalue weighted by Gasteiger charge is 2.14. The number of aromatic amines is 2. The summed E-state index contributed by atoms with van der Waals surface area (Å²) in [6, 6.07) is 14.5. The maximum absolute atomic E-state index is 6.00. The second-order valence-corrected chi connectivity index (χ2v) is 8.33. The number of ether oxygens (including phenoxy) is 1. The van der Waals surface area contributed by atoms with Gasteiger partial charge in [-0.05, 0) is 81.0 Å². The largest absolute Gasteiger partial charge is 0.494 e. The van der Waals surface area contributed by atoms with E-state index < -0.39 is 0 Å². The van der Waals surface area contributed by atoms with Crippen LogP contribution in [0.15, 0.2) is 48.7 Å². The van der Waals surface area contributed by atoms with E-state index in [4.69, 9.17) is 10.5 Å². The second kappa shape index (κ2) is 8.50. The number of nitrogens with one attached hydrogen (secondary N) is 3. The van der Waals surface area contributed by atoms with E-state index in [0.717, 1.165) is 58.1 Å². The first-order chi connectivity index (χ1) is 16.0. The number of benzene rings is 2. The van der Waals surface area contributed by atoms with Crippen molar-refractivity contribution in [3.8, 4) is 5.75 Å². The molecule has 7 nitrogen and oxygen atoms in total. The van der Waals surface area contributed by atoms with Gasteiger partial charge in [-0.2, -0.15) is 4.98 Å². The minimum atomic E-state index is 0.268. The number of anilines is 3. The molecule has 0 spiro atoms. The maximum Gasteiger partial charge on any atom is 0.222 e. The van der Waals surface area contributed by atoms with Crippen LogP contribution in [0.2, 0.25) is 0 Å². The van der Waals surface area contributed by atoms with Gasteiger partial charge in [0.15, 0.2) is 0 Å². The topological polar surface area (TPSA) is 105 Å². The third kappa shape index (κ3) is 4.22. The number of hydrogen-bond acceptors (Lipinski definition) is 5. The molecule has 0 bridgehead atoms. The minimum absolute atomic E-state index is 0.268. The molecule has 0 saturated heterocycles. The first-order valence-corrected chi connectivity index (χ1v) is 11.2. The first kappa shape index (κ1) is 20.9. The number of hydrogen-bond donors (Lipinski definition) is 4. The number of nitrogens with two attached hydrogens (primary N) is 1. The van der Waals surface area contributed by atoms with Crippen LogP contribution in [0.25, 0.3) is 21.8 Å². The predicted molar refractivity (Wildman–Crippen MR) is 134 cm³/mol. The Balaban J connectivity index is 1.43. The highest BCUT2D eigenvalue weighted by molar-refractivity contribution is 5.85. The van der Waals surface area contributed by atoms with Gasteiger partial charge in [0, 0.05) is 45.3 Å². The Kier molecular flexibility index (Phi) is 5.38. The SMILES string of the molecule is CCOc1ccc2[nH]cc(CCc3c(C)nc(N)nc3Nc3ccc4cc(C)[nH]c4c3)c2c1. The third-order valence-electron chi connectivity index (χ3n) is 5.95. The van der Waals surface area contributed by atoms with E-state index in [1.54, 1.807) is 0 Å². The molecule has 0 aliphatic carbocycles. The molecule has 168 valence electrons. The molecule has 5 rings (SSSR count). The Hall–Kier alpha value is -4.00. The van der Waals surface area contributed by atoms with E-state index in [1.165, 1.54) is 16.3 Å². The van der Waals surface area contributed by atoms with Crippen LogP contribution in [0.4, 0.5) is 17.5 Å². The fourth-order valence-corrected chi connectivity index (χ4v) is 4.39. The van der Waals surface area contributed by atoms with E-state index in [9.17, 15) is 0 Å². The van der Waals surface area contributed by atoms with Crippen LogP contribution >= 0.6 is 0 Å². The molecule has 3 aromatic heterocycles. The van der Waals surface area contributed by atoms with Crippen molar-refractivity contribution >= 4 is 39.3 Å². The number of fused-ring (bicyclic) bond motifs is 2. The Morgan fingerprint density at radius 1 is 1.00 bits per heavy atom. The lowest BCUT2D eigenvalue weighted by molar-refractivity contribution is 0.340. The van der Waals surface area contributed by atoms with Gasteiger partial charge < -0.3 is 25.8 Å². The van der Waals surface area contributed by atoms with Crippen LogP contribution in [-0.2, 0) is 12.8 Å². The van der Waals surface area contributed by atoms with Crippen LogP contribution in [0, 0.1) is 13.8 Å². The lowest BCUT2D eigenvalue weighted by atomic mass is 10.0. The Morgan fingerprint density at radius 2 is 1.88 bits per heavy atom. The van der Waals surface area contributed by atoms with Crippen molar-refractivity contribution in [1.29, 1.82) is 0 Å². The molecule has 5 aromatic rings. The fraction of sp³-hybridized carbons (Fsp3) is 0.231. The van der Waals surface area contributed by atoms with Crippen LogP contribution < -0.4 is 15.8 Å². The van der Waals surface area contributed by atoms with Crippen molar-refractivity contribution in [2.45, 2.75) is 33.6 Å². The van der Waals surface area contributed by atoms with Crippen LogP contribution in [0.5, 0.6) is 5.75 Å². The highest BCUT2D eigenvalue weighted by Crippen LogP contribution is 2.28. The number of nitrogens with zero attached hydrogens (tertiary/aromatic N) is 2.